The van der Waals surface area contributed by atoms with Crippen molar-refractivity contribution in [1.82, 2.24) is 10.6 Å². The van der Waals surface area contributed by atoms with Crippen LogP contribution in [-0.4, -0.2) is 23.6 Å². The van der Waals surface area contributed by atoms with E-state index in [1.54, 1.807) is 19.9 Å². The molecule has 7 nitrogen and oxygen atoms in total. The molecule has 0 spiro atoms. The molecule has 0 radical (unpaired) electrons. The van der Waals surface area contributed by atoms with Gasteiger partial charge in [0.2, 0.25) is 6.79 Å². The number of aryl methyl sites for hydroxylation is 1. The number of fused-ring (bicyclic) bond motifs is 1. The maximum absolute atomic E-state index is 12.7. The van der Waals surface area contributed by atoms with Gasteiger partial charge < -0.3 is 14.0 Å². The van der Waals surface area contributed by atoms with E-state index in [0.29, 0.717) is 28.5 Å². The second-order valence-corrected chi connectivity index (χ2v) is 6.47. The van der Waals surface area contributed by atoms with Gasteiger partial charge in [0.15, 0.2) is 11.5 Å². The van der Waals surface area contributed by atoms with Crippen LogP contribution in [0.3, 0.4) is 0 Å². The molecule has 1 N–H and O–H groups in total. The van der Waals surface area contributed by atoms with Crippen LogP contribution in [0, 0.1) is 6.92 Å². The minimum absolute atomic E-state index is 0.238. The Kier molecular flexibility index (Phi) is 5.11. The summed E-state index contributed by atoms with van der Waals surface area (Å²) in [5.41, 5.74) is 5.80. The number of aromatic nitrogens is 1. The first-order chi connectivity index (χ1) is 14.1. The van der Waals surface area contributed by atoms with Crippen molar-refractivity contribution in [2.75, 3.05) is 6.79 Å². The standard InChI is InChI=1S/C22H19N3O4/c1-14(8-9-16-10-11-18-19(12-16)28-13-27-18)23-24-22(26)20-15(2)29-25-21(20)17-6-4-3-5-7-17/h3-12H,13H2,1-2H3,(H,24,26)/b9-8+,23-14?. The van der Waals surface area contributed by atoms with E-state index in [-0.39, 0.29) is 12.7 Å². The van der Waals surface area contributed by atoms with E-state index in [9.17, 15) is 4.79 Å². The average Bonchev–Trinajstić information content (AvgIpc) is 3.37. The maximum atomic E-state index is 12.7. The van der Waals surface area contributed by atoms with Crippen LogP contribution in [0.15, 0.2) is 64.2 Å². The van der Waals surface area contributed by atoms with Gasteiger partial charge in [0.25, 0.3) is 5.91 Å². The molecule has 0 atom stereocenters. The summed E-state index contributed by atoms with van der Waals surface area (Å²) in [6.07, 6.45) is 3.68. The zero-order chi connectivity index (χ0) is 20.2. The summed E-state index contributed by atoms with van der Waals surface area (Å²) in [6.45, 7) is 3.73. The molecular formula is C22H19N3O4. The lowest BCUT2D eigenvalue weighted by molar-refractivity contribution is 0.0954. The lowest BCUT2D eigenvalue weighted by atomic mass is 10.1. The molecule has 0 unspecified atom stereocenters. The lowest BCUT2D eigenvalue weighted by Gasteiger charge is -2.02. The van der Waals surface area contributed by atoms with E-state index >= 15 is 0 Å². The summed E-state index contributed by atoms with van der Waals surface area (Å²) >= 11 is 0. The van der Waals surface area contributed by atoms with Gasteiger partial charge >= 0.3 is 0 Å². The number of nitrogens with zero attached hydrogens (tertiary/aromatic N) is 2. The second-order valence-electron chi connectivity index (χ2n) is 6.47. The molecule has 1 amide bonds. The zero-order valence-electron chi connectivity index (χ0n) is 16.0. The van der Waals surface area contributed by atoms with Crippen LogP contribution in [0.25, 0.3) is 17.3 Å². The molecule has 0 saturated heterocycles. The van der Waals surface area contributed by atoms with Crippen molar-refractivity contribution in [1.29, 1.82) is 0 Å². The van der Waals surface area contributed by atoms with Gasteiger partial charge in [-0.05, 0) is 37.6 Å². The minimum Gasteiger partial charge on any atom is -0.454 e. The molecule has 0 aliphatic carbocycles. The average molecular weight is 389 g/mol. The lowest BCUT2D eigenvalue weighted by Crippen LogP contribution is -2.19. The van der Waals surface area contributed by atoms with Crippen molar-refractivity contribution >= 4 is 17.7 Å². The van der Waals surface area contributed by atoms with Crippen molar-refractivity contribution in [2.24, 2.45) is 5.10 Å². The predicted molar refractivity (Wildman–Crippen MR) is 109 cm³/mol. The van der Waals surface area contributed by atoms with Crippen LogP contribution >= 0.6 is 0 Å². The first-order valence-corrected chi connectivity index (χ1v) is 9.06. The topological polar surface area (TPSA) is 86.0 Å². The number of amides is 1. The van der Waals surface area contributed by atoms with Crippen LogP contribution in [0.5, 0.6) is 11.5 Å². The van der Waals surface area contributed by atoms with Gasteiger partial charge in [-0.2, -0.15) is 5.10 Å². The number of hydrogen-bond acceptors (Lipinski definition) is 6. The van der Waals surface area contributed by atoms with Crippen molar-refractivity contribution < 1.29 is 18.8 Å². The van der Waals surface area contributed by atoms with Gasteiger partial charge in [-0.1, -0.05) is 47.6 Å². The molecule has 2 aromatic carbocycles. The Morgan fingerprint density at radius 1 is 1.14 bits per heavy atom. The van der Waals surface area contributed by atoms with E-state index in [0.717, 1.165) is 16.9 Å². The number of carbonyl (C=O) groups excluding carboxylic acids is 1. The Morgan fingerprint density at radius 2 is 1.93 bits per heavy atom. The second kappa shape index (κ2) is 8.02. The monoisotopic (exact) mass is 389 g/mol. The molecule has 4 rings (SSSR count). The molecule has 1 aromatic heterocycles. The molecule has 7 heteroatoms. The van der Waals surface area contributed by atoms with Gasteiger partial charge in [-0.15, -0.1) is 0 Å². The first kappa shape index (κ1) is 18.5. The van der Waals surface area contributed by atoms with Gasteiger partial charge in [0.05, 0.1) is 5.71 Å². The van der Waals surface area contributed by atoms with Gasteiger partial charge in [0, 0.05) is 5.56 Å². The molecule has 1 aliphatic rings. The number of hydrogen-bond donors (Lipinski definition) is 1. The predicted octanol–water partition coefficient (Wildman–Crippen LogP) is 4.20. The molecule has 3 aromatic rings. The molecule has 29 heavy (non-hydrogen) atoms. The number of carbonyl (C=O) groups is 1. The number of rotatable bonds is 5. The van der Waals surface area contributed by atoms with Crippen molar-refractivity contribution in [2.45, 2.75) is 13.8 Å². The quantitative estimate of drug-likeness (QED) is 0.522. The third-order valence-corrected chi connectivity index (χ3v) is 4.38. The van der Waals surface area contributed by atoms with E-state index in [1.165, 1.54) is 0 Å². The molecule has 0 bridgehead atoms. The summed E-state index contributed by atoms with van der Waals surface area (Å²) in [5.74, 6) is 1.51. The Morgan fingerprint density at radius 3 is 2.76 bits per heavy atom. The number of hydrazone groups is 1. The number of benzene rings is 2. The molecule has 0 saturated carbocycles. The Hall–Kier alpha value is -3.87. The number of nitrogens with one attached hydrogen (secondary N) is 1. The number of allylic oxidation sites excluding steroid dienone is 1. The summed E-state index contributed by atoms with van der Waals surface area (Å²) < 4.78 is 15.9. The summed E-state index contributed by atoms with van der Waals surface area (Å²) in [7, 11) is 0. The third kappa shape index (κ3) is 4.03. The van der Waals surface area contributed by atoms with Gasteiger partial charge in [-0.3, -0.25) is 4.79 Å². The Balaban J connectivity index is 1.46. The smallest absolute Gasteiger partial charge is 0.277 e. The molecule has 0 fully saturated rings. The summed E-state index contributed by atoms with van der Waals surface area (Å²) in [6, 6.07) is 15.1. The van der Waals surface area contributed by atoms with Crippen LogP contribution in [-0.2, 0) is 0 Å². The fourth-order valence-corrected chi connectivity index (χ4v) is 2.90. The highest BCUT2D eigenvalue weighted by Gasteiger charge is 2.21. The fourth-order valence-electron chi connectivity index (χ4n) is 2.90. The largest absolute Gasteiger partial charge is 0.454 e. The summed E-state index contributed by atoms with van der Waals surface area (Å²) in [5, 5.41) is 8.17. The van der Waals surface area contributed by atoms with Gasteiger partial charge in [-0.25, -0.2) is 5.43 Å². The van der Waals surface area contributed by atoms with E-state index in [1.807, 2.05) is 54.6 Å². The zero-order valence-corrected chi connectivity index (χ0v) is 16.0. The minimum atomic E-state index is -0.376. The fraction of sp³-hybridized carbons (Fsp3) is 0.136. The van der Waals surface area contributed by atoms with E-state index in [2.05, 4.69) is 15.7 Å². The van der Waals surface area contributed by atoms with Gasteiger partial charge in [0.1, 0.15) is 17.0 Å². The van der Waals surface area contributed by atoms with Crippen molar-refractivity contribution in [3.8, 4) is 22.8 Å². The van der Waals surface area contributed by atoms with Crippen molar-refractivity contribution in [3.05, 3.63) is 71.5 Å². The van der Waals surface area contributed by atoms with E-state index < -0.39 is 0 Å². The molecular weight excluding hydrogens is 370 g/mol. The maximum Gasteiger partial charge on any atom is 0.277 e. The third-order valence-electron chi connectivity index (χ3n) is 4.38. The van der Waals surface area contributed by atoms with Crippen LogP contribution in [0.1, 0.15) is 28.6 Å². The van der Waals surface area contributed by atoms with Crippen LogP contribution in [0.2, 0.25) is 0 Å². The van der Waals surface area contributed by atoms with E-state index in [4.69, 9.17) is 14.0 Å². The molecule has 146 valence electrons. The normalized spacial score (nSPS) is 13.1. The molecule has 2 heterocycles. The highest BCUT2D eigenvalue weighted by molar-refractivity contribution is 6.02. The Bertz CT molecular complexity index is 1100. The van der Waals surface area contributed by atoms with Crippen molar-refractivity contribution in [3.63, 3.8) is 0 Å². The SMILES string of the molecule is CC(/C=C/c1ccc2c(c1)OCO2)=NNC(=O)c1c(-c2ccccc2)noc1C. The van der Waals surface area contributed by atoms with Crippen LogP contribution in [0.4, 0.5) is 0 Å². The number of ether oxygens (including phenoxy) is 2. The summed E-state index contributed by atoms with van der Waals surface area (Å²) in [4.78, 5) is 12.7. The highest BCUT2D eigenvalue weighted by atomic mass is 16.7. The van der Waals surface area contributed by atoms with Crippen LogP contribution < -0.4 is 14.9 Å². The molecule has 1 aliphatic heterocycles. The Labute approximate surface area is 167 Å². The first-order valence-electron chi connectivity index (χ1n) is 9.06. The highest BCUT2D eigenvalue weighted by Crippen LogP contribution is 2.32.